The van der Waals surface area contributed by atoms with Crippen molar-refractivity contribution in [3.8, 4) is 5.75 Å². The second-order valence-corrected chi connectivity index (χ2v) is 4.52. The summed E-state index contributed by atoms with van der Waals surface area (Å²) in [6, 6.07) is 9.53. The van der Waals surface area contributed by atoms with Crippen molar-refractivity contribution in [2.24, 2.45) is 0 Å². The zero-order valence-electron chi connectivity index (χ0n) is 11.2. The number of rotatable bonds is 7. The van der Waals surface area contributed by atoms with E-state index in [0.29, 0.717) is 6.54 Å². The largest absolute Gasteiger partial charge is 0.491 e. The number of aliphatic hydroxyl groups excluding tert-OH is 1. The van der Waals surface area contributed by atoms with Crippen LogP contribution in [0.15, 0.2) is 42.7 Å². The van der Waals surface area contributed by atoms with E-state index in [1.165, 1.54) is 0 Å². The van der Waals surface area contributed by atoms with Crippen LogP contribution >= 0.6 is 0 Å². The molecule has 0 spiro atoms. The number of aromatic nitrogens is 2. The number of aryl methyl sites for hydroxylation is 1. The number of ether oxygens (including phenoxy) is 1. The van der Waals surface area contributed by atoms with Gasteiger partial charge in [0.2, 0.25) is 0 Å². The zero-order chi connectivity index (χ0) is 13.5. The maximum Gasteiger partial charge on any atom is 0.119 e. The number of hydrogen-bond acceptors (Lipinski definition) is 3. The van der Waals surface area contributed by atoms with Crippen molar-refractivity contribution in [1.82, 2.24) is 9.55 Å². The van der Waals surface area contributed by atoms with E-state index in [1.807, 2.05) is 41.1 Å². The Labute approximate surface area is 113 Å². The van der Waals surface area contributed by atoms with Gasteiger partial charge in [0.15, 0.2) is 0 Å². The highest BCUT2D eigenvalue weighted by molar-refractivity contribution is 5.20. The second kappa shape index (κ2) is 6.95. The van der Waals surface area contributed by atoms with E-state index >= 15 is 0 Å². The van der Waals surface area contributed by atoms with Gasteiger partial charge in [-0.2, -0.15) is 0 Å². The van der Waals surface area contributed by atoms with Gasteiger partial charge in [0.1, 0.15) is 24.3 Å². The standard InChI is InChI=1S/C15H20N2O2/c1-2-6-15-16-9-10-17(15)11-13(18)12-19-14-7-4-3-5-8-14/h3-5,7-10,13,18H,2,6,11-12H2,1H3. The lowest BCUT2D eigenvalue weighted by molar-refractivity contribution is 0.0917. The third-order valence-electron chi connectivity index (χ3n) is 2.87. The summed E-state index contributed by atoms with van der Waals surface area (Å²) < 4.78 is 7.52. The van der Waals surface area contributed by atoms with E-state index in [1.54, 1.807) is 6.20 Å². The molecule has 0 aliphatic rings. The van der Waals surface area contributed by atoms with Crippen LogP contribution in [0, 0.1) is 0 Å². The molecule has 0 fully saturated rings. The van der Waals surface area contributed by atoms with Crippen molar-refractivity contribution < 1.29 is 9.84 Å². The highest BCUT2D eigenvalue weighted by Crippen LogP contribution is 2.09. The lowest BCUT2D eigenvalue weighted by Crippen LogP contribution is -2.24. The van der Waals surface area contributed by atoms with Gasteiger partial charge in [-0.15, -0.1) is 0 Å². The molecule has 19 heavy (non-hydrogen) atoms. The highest BCUT2D eigenvalue weighted by Gasteiger charge is 2.09. The van der Waals surface area contributed by atoms with Gasteiger partial charge in [-0.05, 0) is 18.6 Å². The Morgan fingerprint density at radius 1 is 1.32 bits per heavy atom. The monoisotopic (exact) mass is 260 g/mol. The summed E-state index contributed by atoms with van der Waals surface area (Å²) in [6.07, 6.45) is 5.12. The number of imidazole rings is 1. The van der Waals surface area contributed by atoms with Gasteiger partial charge >= 0.3 is 0 Å². The lowest BCUT2D eigenvalue weighted by atomic mass is 10.3. The zero-order valence-corrected chi connectivity index (χ0v) is 11.2. The van der Waals surface area contributed by atoms with E-state index < -0.39 is 6.10 Å². The molecule has 1 unspecified atom stereocenters. The Morgan fingerprint density at radius 3 is 2.84 bits per heavy atom. The second-order valence-electron chi connectivity index (χ2n) is 4.52. The molecule has 4 nitrogen and oxygen atoms in total. The van der Waals surface area contributed by atoms with E-state index in [9.17, 15) is 5.11 Å². The van der Waals surface area contributed by atoms with Gasteiger partial charge in [-0.3, -0.25) is 0 Å². The number of aliphatic hydroxyl groups is 1. The minimum atomic E-state index is -0.537. The van der Waals surface area contributed by atoms with Crippen molar-refractivity contribution in [3.63, 3.8) is 0 Å². The van der Waals surface area contributed by atoms with Crippen molar-refractivity contribution in [2.45, 2.75) is 32.4 Å². The molecule has 0 saturated carbocycles. The molecule has 2 aromatic rings. The summed E-state index contributed by atoms with van der Waals surface area (Å²) >= 11 is 0. The highest BCUT2D eigenvalue weighted by atomic mass is 16.5. The first kappa shape index (κ1) is 13.6. The Hall–Kier alpha value is -1.81. The predicted octanol–water partition coefficient (Wildman–Crippen LogP) is 2.28. The summed E-state index contributed by atoms with van der Waals surface area (Å²) in [4.78, 5) is 4.29. The Morgan fingerprint density at radius 2 is 2.11 bits per heavy atom. The summed E-state index contributed by atoms with van der Waals surface area (Å²) in [5, 5.41) is 10.0. The molecule has 1 heterocycles. The SMILES string of the molecule is CCCc1nccn1CC(O)COc1ccccc1. The van der Waals surface area contributed by atoms with Crippen LogP contribution < -0.4 is 4.74 Å². The molecule has 4 heteroatoms. The maximum atomic E-state index is 10.0. The van der Waals surface area contributed by atoms with Gasteiger partial charge in [0.05, 0.1) is 6.54 Å². The van der Waals surface area contributed by atoms with Crippen molar-refractivity contribution in [3.05, 3.63) is 48.5 Å². The maximum absolute atomic E-state index is 10.0. The molecule has 102 valence electrons. The molecule has 0 aliphatic carbocycles. The molecule has 0 amide bonds. The van der Waals surface area contributed by atoms with Crippen molar-refractivity contribution >= 4 is 0 Å². The lowest BCUT2D eigenvalue weighted by Gasteiger charge is -2.14. The minimum Gasteiger partial charge on any atom is -0.491 e. The molecule has 0 aliphatic heterocycles. The average molecular weight is 260 g/mol. The average Bonchev–Trinajstić information content (AvgIpc) is 2.85. The van der Waals surface area contributed by atoms with E-state index in [0.717, 1.165) is 24.4 Å². The van der Waals surface area contributed by atoms with Crippen molar-refractivity contribution in [1.29, 1.82) is 0 Å². The third-order valence-corrected chi connectivity index (χ3v) is 2.87. The van der Waals surface area contributed by atoms with Crippen molar-refractivity contribution in [2.75, 3.05) is 6.61 Å². The van der Waals surface area contributed by atoms with Crippen LogP contribution in [0.1, 0.15) is 19.2 Å². The van der Waals surface area contributed by atoms with Crippen LogP contribution in [-0.2, 0) is 13.0 Å². The minimum absolute atomic E-state index is 0.285. The molecule has 0 radical (unpaired) electrons. The molecule has 1 atom stereocenters. The number of hydrogen-bond donors (Lipinski definition) is 1. The number of nitrogens with zero attached hydrogens (tertiary/aromatic N) is 2. The molecule has 1 aromatic heterocycles. The van der Waals surface area contributed by atoms with Gasteiger partial charge in [-0.25, -0.2) is 4.98 Å². The van der Waals surface area contributed by atoms with Gasteiger partial charge in [-0.1, -0.05) is 25.1 Å². The van der Waals surface area contributed by atoms with Crippen LogP contribution in [0.5, 0.6) is 5.75 Å². The summed E-state index contributed by atoms with van der Waals surface area (Å²) in [7, 11) is 0. The molecule has 0 bridgehead atoms. The van der Waals surface area contributed by atoms with E-state index in [-0.39, 0.29) is 6.61 Å². The molecule has 1 aromatic carbocycles. The topological polar surface area (TPSA) is 47.3 Å². The number of para-hydroxylation sites is 1. The molecular formula is C15H20N2O2. The summed E-state index contributed by atoms with van der Waals surface area (Å²) in [5.74, 6) is 1.79. The van der Waals surface area contributed by atoms with Gasteiger partial charge < -0.3 is 14.4 Å². The summed E-state index contributed by atoms with van der Waals surface area (Å²) in [6.45, 7) is 2.92. The van der Waals surface area contributed by atoms with Gasteiger partial charge in [0.25, 0.3) is 0 Å². The molecule has 0 saturated heterocycles. The normalized spacial score (nSPS) is 12.3. The first-order chi connectivity index (χ1) is 9.29. The molecular weight excluding hydrogens is 240 g/mol. The Balaban J connectivity index is 1.84. The first-order valence-electron chi connectivity index (χ1n) is 6.65. The molecule has 1 N–H and O–H groups in total. The summed E-state index contributed by atoms with van der Waals surface area (Å²) in [5.41, 5.74) is 0. The van der Waals surface area contributed by atoms with Gasteiger partial charge in [0, 0.05) is 18.8 Å². The fourth-order valence-electron chi connectivity index (χ4n) is 1.95. The smallest absolute Gasteiger partial charge is 0.119 e. The quantitative estimate of drug-likeness (QED) is 0.830. The van der Waals surface area contributed by atoms with E-state index in [4.69, 9.17) is 4.74 Å². The first-order valence-corrected chi connectivity index (χ1v) is 6.65. The predicted molar refractivity (Wildman–Crippen MR) is 74.2 cm³/mol. The van der Waals surface area contributed by atoms with Crippen LogP contribution in [0.2, 0.25) is 0 Å². The number of benzene rings is 1. The van der Waals surface area contributed by atoms with Crippen LogP contribution in [0.4, 0.5) is 0 Å². The molecule has 2 rings (SSSR count). The Kier molecular flexibility index (Phi) is 4.98. The van der Waals surface area contributed by atoms with E-state index in [2.05, 4.69) is 11.9 Å². The fourth-order valence-corrected chi connectivity index (χ4v) is 1.95. The van der Waals surface area contributed by atoms with Crippen LogP contribution in [0.3, 0.4) is 0 Å². The third kappa shape index (κ3) is 4.10. The van der Waals surface area contributed by atoms with Crippen LogP contribution in [-0.4, -0.2) is 27.4 Å². The van der Waals surface area contributed by atoms with Crippen LogP contribution in [0.25, 0.3) is 0 Å². The fraction of sp³-hybridized carbons (Fsp3) is 0.400. The Bertz CT molecular complexity index is 482.